The molecule has 0 aliphatic carbocycles. The van der Waals surface area contributed by atoms with Crippen LogP contribution in [-0.4, -0.2) is 17.9 Å². The molecule has 0 spiro atoms. The summed E-state index contributed by atoms with van der Waals surface area (Å²) in [4.78, 5) is 24.1. The molecule has 0 saturated carbocycles. The highest BCUT2D eigenvalue weighted by Crippen LogP contribution is 2.21. The molecule has 0 aliphatic rings. The van der Waals surface area contributed by atoms with Gasteiger partial charge in [-0.1, -0.05) is 54.1 Å². The summed E-state index contributed by atoms with van der Waals surface area (Å²) in [5, 5.41) is 2.72. The van der Waals surface area contributed by atoms with Gasteiger partial charge in [-0.05, 0) is 47.5 Å². The average Bonchev–Trinajstić information content (AvgIpc) is 2.67. The lowest BCUT2D eigenvalue weighted by Crippen LogP contribution is -2.47. The molecule has 0 aliphatic heterocycles. The SMILES string of the molecule is C[C@H](Oc1ccc2ccccc2c1)C(=O)NNC(=O)Cc1ccc(Cl)cc1. The lowest BCUT2D eigenvalue weighted by molar-refractivity contribution is -0.132. The number of ether oxygens (including phenoxy) is 1. The van der Waals surface area contributed by atoms with Gasteiger partial charge in [0.25, 0.3) is 5.91 Å². The number of halogens is 1. The van der Waals surface area contributed by atoms with Gasteiger partial charge in [0.05, 0.1) is 6.42 Å². The molecule has 0 bridgehead atoms. The lowest BCUT2D eigenvalue weighted by Gasteiger charge is -2.15. The molecule has 0 radical (unpaired) electrons. The number of nitrogens with one attached hydrogen (secondary N) is 2. The molecule has 2 amide bonds. The number of hydrogen-bond donors (Lipinski definition) is 2. The molecule has 0 fully saturated rings. The summed E-state index contributed by atoms with van der Waals surface area (Å²) in [5.74, 6) is -0.181. The summed E-state index contributed by atoms with van der Waals surface area (Å²) >= 11 is 5.81. The largest absolute Gasteiger partial charge is 0.481 e. The standard InChI is InChI=1S/C21H19ClN2O3/c1-14(27-19-11-8-16-4-2-3-5-17(16)13-19)21(26)24-23-20(25)12-15-6-9-18(22)10-7-15/h2-11,13-14H,12H2,1H3,(H,23,25)(H,24,26)/t14-/m0/s1. The first-order valence-electron chi connectivity index (χ1n) is 8.50. The van der Waals surface area contributed by atoms with Gasteiger partial charge in [-0.3, -0.25) is 20.4 Å². The Labute approximate surface area is 162 Å². The fourth-order valence-corrected chi connectivity index (χ4v) is 2.69. The van der Waals surface area contributed by atoms with E-state index in [1.54, 1.807) is 31.2 Å². The van der Waals surface area contributed by atoms with Crippen LogP contribution in [0, 0.1) is 0 Å². The number of rotatable bonds is 5. The van der Waals surface area contributed by atoms with Gasteiger partial charge in [-0.2, -0.15) is 0 Å². The van der Waals surface area contributed by atoms with Gasteiger partial charge in [-0.25, -0.2) is 0 Å². The van der Waals surface area contributed by atoms with Crippen molar-refractivity contribution in [2.75, 3.05) is 0 Å². The molecule has 27 heavy (non-hydrogen) atoms. The first-order valence-corrected chi connectivity index (χ1v) is 8.87. The molecular formula is C21H19ClN2O3. The molecule has 0 unspecified atom stereocenters. The molecule has 6 heteroatoms. The molecular weight excluding hydrogens is 364 g/mol. The Morgan fingerprint density at radius 2 is 1.67 bits per heavy atom. The number of carbonyl (C=O) groups excluding carboxylic acids is 2. The van der Waals surface area contributed by atoms with Crippen molar-refractivity contribution in [2.24, 2.45) is 0 Å². The molecule has 5 nitrogen and oxygen atoms in total. The second-order valence-corrected chi connectivity index (χ2v) is 6.55. The molecule has 1 atom stereocenters. The fraction of sp³-hybridized carbons (Fsp3) is 0.143. The summed E-state index contributed by atoms with van der Waals surface area (Å²) in [5.41, 5.74) is 5.57. The average molecular weight is 383 g/mol. The maximum Gasteiger partial charge on any atom is 0.279 e. The summed E-state index contributed by atoms with van der Waals surface area (Å²) in [7, 11) is 0. The number of amides is 2. The van der Waals surface area contributed by atoms with Crippen LogP contribution >= 0.6 is 11.6 Å². The van der Waals surface area contributed by atoms with E-state index in [9.17, 15) is 9.59 Å². The Balaban J connectivity index is 1.50. The summed E-state index contributed by atoms with van der Waals surface area (Å²) in [6.45, 7) is 1.62. The monoisotopic (exact) mass is 382 g/mol. The van der Waals surface area contributed by atoms with E-state index in [0.717, 1.165) is 16.3 Å². The molecule has 0 saturated heterocycles. The van der Waals surface area contributed by atoms with Gasteiger partial charge in [0, 0.05) is 5.02 Å². The minimum Gasteiger partial charge on any atom is -0.481 e. The zero-order chi connectivity index (χ0) is 19.2. The minimum atomic E-state index is -0.762. The molecule has 138 valence electrons. The van der Waals surface area contributed by atoms with Crippen LogP contribution in [0.15, 0.2) is 66.7 Å². The summed E-state index contributed by atoms with van der Waals surface area (Å²) in [6.07, 6.45) is -0.626. The van der Waals surface area contributed by atoms with Crippen molar-refractivity contribution in [3.8, 4) is 5.75 Å². The number of hydrazine groups is 1. The van der Waals surface area contributed by atoms with Crippen LogP contribution in [0.4, 0.5) is 0 Å². The molecule has 0 heterocycles. The van der Waals surface area contributed by atoms with Crippen molar-refractivity contribution in [2.45, 2.75) is 19.4 Å². The van der Waals surface area contributed by atoms with E-state index in [2.05, 4.69) is 10.9 Å². The van der Waals surface area contributed by atoms with Crippen LogP contribution in [0.25, 0.3) is 10.8 Å². The van der Waals surface area contributed by atoms with Gasteiger partial charge in [0.1, 0.15) is 5.75 Å². The first kappa shape index (κ1) is 18.7. The Kier molecular flexibility index (Phi) is 5.94. The molecule has 3 aromatic rings. The fourth-order valence-electron chi connectivity index (χ4n) is 2.56. The van der Waals surface area contributed by atoms with Crippen molar-refractivity contribution in [3.05, 3.63) is 77.3 Å². The van der Waals surface area contributed by atoms with Crippen LogP contribution in [0.1, 0.15) is 12.5 Å². The van der Waals surface area contributed by atoms with Gasteiger partial charge in [0.15, 0.2) is 6.10 Å². The number of carbonyl (C=O) groups is 2. The van der Waals surface area contributed by atoms with Crippen LogP contribution in [-0.2, 0) is 16.0 Å². The maximum absolute atomic E-state index is 12.1. The third-order valence-electron chi connectivity index (χ3n) is 4.01. The highest BCUT2D eigenvalue weighted by Gasteiger charge is 2.15. The van der Waals surface area contributed by atoms with E-state index in [4.69, 9.17) is 16.3 Å². The number of fused-ring (bicyclic) bond motifs is 1. The highest BCUT2D eigenvalue weighted by molar-refractivity contribution is 6.30. The Morgan fingerprint density at radius 1 is 0.963 bits per heavy atom. The van der Waals surface area contributed by atoms with Crippen LogP contribution in [0.3, 0.4) is 0 Å². The number of benzene rings is 3. The van der Waals surface area contributed by atoms with Gasteiger partial charge >= 0.3 is 0 Å². The lowest BCUT2D eigenvalue weighted by atomic mass is 10.1. The van der Waals surface area contributed by atoms with Gasteiger partial charge < -0.3 is 4.74 Å². The smallest absolute Gasteiger partial charge is 0.279 e. The normalized spacial score (nSPS) is 11.6. The topological polar surface area (TPSA) is 67.4 Å². The van der Waals surface area contributed by atoms with E-state index in [1.165, 1.54) is 0 Å². The van der Waals surface area contributed by atoms with E-state index in [1.807, 2.05) is 42.5 Å². The van der Waals surface area contributed by atoms with Crippen molar-refractivity contribution < 1.29 is 14.3 Å². The van der Waals surface area contributed by atoms with Crippen molar-refractivity contribution >= 4 is 34.2 Å². The zero-order valence-corrected chi connectivity index (χ0v) is 15.5. The van der Waals surface area contributed by atoms with Crippen LogP contribution < -0.4 is 15.6 Å². The van der Waals surface area contributed by atoms with E-state index in [0.29, 0.717) is 10.8 Å². The molecule has 0 aromatic heterocycles. The third kappa shape index (κ3) is 5.21. The Morgan fingerprint density at radius 3 is 2.41 bits per heavy atom. The van der Waals surface area contributed by atoms with Gasteiger partial charge in [-0.15, -0.1) is 0 Å². The Bertz CT molecular complexity index is 957. The van der Waals surface area contributed by atoms with E-state index in [-0.39, 0.29) is 12.3 Å². The minimum absolute atomic E-state index is 0.136. The van der Waals surface area contributed by atoms with Crippen molar-refractivity contribution in [1.82, 2.24) is 10.9 Å². The number of hydrogen-bond acceptors (Lipinski definition) is 3. The predicted molar refractivity (Wildman–Crippen MR) is 105 cm³/mol. The quantitative estimate of drug-likeness (QED) is 0.662. The molecule has 3 aromatic carbocycles. The third-order valence-corrected chi connectivity index (χ3v) is 4.26. The molecule has 3 rings (SSSR count). The van der Waals surface area contributed by atoms with Crippen molar-refractivity contribution in [1.29, 1.82) is 0 Å². The maximum atomic E-state index is 12.1. The Hall–Kier alpha value is -3.05. The van der Waals surface area contributed by atoms with E-state index >= 15 is 0 Å². The van der Waals surface area contributed by atoms with Crippen LogP contribution in [0.5, 0.6) is 5.75 Å². The molecule has 2 N–H and O–H groups in total. The van der Waals surface area contributed by atoms with Crippen LogP contribution in [0.2, 0.25) is 5.02 Å². The summed E-state index contributed by atoms with van der Waals surface area (Å²) < 4.78 is 5.67. The first-order chi connectivity index (χ1) is 13.0. The summed E-state index contributed by atoms with van der Waals surface area (Å²) in [6, 6.07) is 20.4. The second kappa shape index (κ2) is 8.56. The highest BCUT2D eigenvalue weighted by atomic mass is 35.5. The van der Waals surface area contributed by atoms with E-state index < -0.39 is 12.0 Å². The second-order valence-electron chi connectivity index (χ2n) is 6.11. The zero-order valence-electron chi connectivity index (χ0n) is 14.7. The van der Waals surface area contributed by atoms with Crippen molar-refractivity contribution in [3.63, 3.8) is 0 Å². The predicted octanol–water partition coefficient (Wildman–Crippen LogP) is 3.65. The van der Waals surface area contributed by atoms with Gasteiger partial charge in [0.2, 0.25) is 5.91 Å².